The van der Waals surface area contributed by atoms with Crippen LogP contribution in [0.3, 0.4) is 0 Å². The third kappa shape index (κ3) is 1.76. The number of rotatable bonds is 2. The van der Waals surface area contributed by atoms with Gasteiger partial charge >= 0.3 is 6.16 Å². The van der Waals surface area contributed by atoms with Crippen molar-refractivity contribution in [3.63, 3.8) is 0 Å². The molecule has 1 aromatic heterocycles. The zero-order valence-electron chi connectivity index (χ0n) is 8.24. The van der Waals surface area contributed by atoms with Crippen LogP contribution in [0.25, 0.3) is 0 Å². The number of ether oxygens (including phenoxy) is 2. The van der Waals surface area contributed by atoms with Gasteiger partial charge in [0.15, 0.2) is 24.1 Å². The fraction of sp³-hybridized carbons (Fsp3) is 0.444. The molecule has 16 heavy (non-hydrogen) atoms. The van der Waals surface area contributed by atoms with Gasteiger partial charge in [-0.15, -0.1) is 0 Å². The van der Waals surface area contributed by atoms with Crippen LogP contribution in [-0.2, 0) is 9.47 Å². The maximum absolute atomic E-state index is 10.4. The summed E-state index contributed by atoms with van der Waals surface area (Å²) in [5.41, 5.74) is 0. The summed E-state index contributed by atoms with van der Waals surface area (Å²) in [6, 6.07) is 2.57. The standard InChI is InChI=1S/C9H11NO6/c11-6-1-2-7(12)10(6)8-5(3-4-15-8)16-9(13)14/h1-2,5,8,11-12H,3-4H2,(H,13,14)/t5-,8?/m0/s1. The molecule has 2 rings (SSSR count). The monoisotopic (exact) mass is 229 g/mol. The Kier molecular flexibility index (Phi) is 2.61. The topological polar surface area (TPSA) is 101 Å². The number of aromatic nitrogens is 1. The molecule has 1 aliphatic rings. The highest BCUT2D eigenvalue weighted by atomic mass is 16.7. The maximum Gasteiger partial charge on any atom is 0.506 e. The lowest BCUT2D eigenvalue weighted by molar-refractivity contribution is -0.0370. The summed E-state index contributed by atoms with van der Waals surface area (Å²) >= 11 is 0. The molecule has 1 unspecified atom stereocenters. The van der Waals surface area contributed by atoms with Crippen LogP contribution in [0.2, 0.25) is 0 Å². The summed E-state index contributed by atoms with van der Waals surface area (Å²) in [5, 5.41) is 27.4. The molecule has 0 radical (unpaired) electrons. The van der Waals surface area contributed by atoms with Crippen LogP contribution >= 0.6 is 0 Å². The van der Waals surface area contributed by atoms with Gasteiger partial charge in [-0.2, -0.15) is 0 Å². The average Bonchev–Trinajstić information content (AvgIpc) is 2.74. The van der Waals surface area contributed by atoms with Crippen molar-refractivity contribution in [3.05, 3.63) is 12.1 Å². The molecule has 7 heteroatoms. The first-order valence-corrected chi connectivity index (χ1v) is 4.70. The van der Waals surface area contributed by atoms with Crippen molar-refractivity contribution < 1.29 is 29.6 Å². The first-order valence-electron chi connectivity index (χ1n) is 4.70. The molecular formula is C9H11NO6. The zero-order chi connectivity index (χ0) is 11.7. The second-order valence-electron chi connectivity index (χ2n) is 3.39. The summed E-state index contributed by atoms with van der Waals surface area (Å²) in [7, 11) is 0. The molecule has 0 bridgehead atoms. The van der Waals surface area contributed by atoms with Gasteiger partial charge in [-0.25, -0.2) is 4.79 Å². The summed E-state index contributed by atoms with van der Waals surface area (Å²) in [6.07, 6.45) is -2.59. The Bertz CT molecular complexity index is 381. The highest BCUT2D eigenvalue weighted by molar-refractivity contribution is 5.57. The molecule has 88 valence electrons. The van der Waals surface area contributed by atoms with E-state index in [9.17, 15) is 15.0 Å². The SMILES string of the molecule is O=C(O)O[C@H]1CCOC1n1c(O)ccc1O. The highest BCUT2D eigenvalue weighted by Crippen LogP contribution is 2.34. The number of carbonyl (C=O) groups is 1. The van der Waals surface area contributed by atoms with Gasteiger partial charge in [0.05, 0.1) is 6.61 Å². The molecule has 0 saturated carbocycles. The predicted molar refractivity (Wildman–Crippen MR) is 50.3 cm³/mol. The molecule has 0 spiro atoms. The summed E-state index contributed by atoms with van der Waals surface area (Å²) < 4.78 is 10.9. The summed E-state index contributed by atoms with van der Waals surface area (Å²) in [6.45, 7) is 0.305. The van der Waals surface area contributed by atoms with Crippen LogP contribution in [0, 0.1) is 0 Å². The van der Waals surface area contributed by atoms with E-state index in [4.69, 9.17) is 9.84 Å². The van der Waals surface area contributed by atoms with E-state index in [1.54, 1.807) is 0 Å². The van der Waals surface area contributed by atoms with Crippen molar-refractivity contribution in [1.29, 1.82) is 0 Å². The lowest BCUT2D eigenvalue weighted by Gasteiger charge is -2.20. The lowest BCUT2D eigenvalue weighted by Crippen LogP contribution is -2.24. The van der Waals surface area contributed by atoms with Gasteiger partial charge in [0.2, 0.25) is 0 Å². The van der Waals surface area contributed by atoms with E-state index >= 15 is 0 Å². The van der Waals surface area contributed by atoms with E-state index in [0.29, 0.717) is 13.0 Å². The molecule has 2 atom stereocenters. The Morgan fingerprint density at radius 1 is 1.44 bits per heavy atom. The molecule has 0 aromatic carbocycles. The van der Waals surface area contributed by atoms with Gasteiger partial charge in [-0.3, -0.25) is 4.57 Å². The van der Waals surface area contributed by atoms with Gasteiger partial charge in [0.25, 0.3) is 0 Å². The number of hydrogen-bond acceptors (Lipinski definition) is 5. The van der Waals surface area contributed by atoms with Crippen LogP contribution in [-0.4, -0.2) is 38.8 Å². The number of aromatic hydroxyl groups is 2. The van der Waals surface area contributed by atoms with Gasteiger partial charge in [-0.1, -0.05) is 0 Å². The highest BCUT2D eigenvalue weighted by Gasteiger charge is 2.35. The largest absolute Gasteiger partial charge is 0.506 e. The first kappa shape index (κ1) is 10.6. The molecule has 3 N–H and O–H groups in total. The Balaban J connectivity index is 2.23. The van der Waals surface area contributed by atoms with E-state index in [0.717, 1.165) is 4.57 Å². The van der Waals surface area contributed by atoms with Crippen LogP contribution in [0.1, 0.15) is 12.6 Å². The van der Waals surface area contributed by atoms with Crippen molar-refractivity contribution in [3.8, 4) is 11.8 Å². The average molecular weight is 229 g/mol. The normalized spacial score (nSPS) is 24.5. The molecule has 1 fully saturated rings. The maximum atomic E-state index is 10.4. The van der Waals surface area contributed by atoms with Crippen molar-refractivity contribution in [2.24, 2.45) is 0 Å². The fourth-order valence-electron chi connectivity index (χ4n) is 1.73. The first-order chi connectivity index (χ1) is 7.59. The smallest absolute Gasteiger partial charge is 0.494 e. The summed E-state index contributed by atoms with van der Waals surface area (Å²) in [4.78, 5) is 10.4. The van der Waals surface area contributed by atoms with Gasteiger partial charge in [0, 0.05) is 18.6 Å². The zero-order valence-corrected chi connectivity index (χ0v) is 8.24. The number of carboxylic acid groups (broad SMARTS) is 1. The van der Waals surface area contributed by atoms with Crippen LogP contribution in [0.15, 0.2) is 12.1 Å². The molecule has 1 aliphatic heterocycles. The van der Waals surface area contributed by atoms with Crippen molar-refractivity contribution in [1.82, 2.24) is 4.57 Å². The van der Waals surface area contributed by atoms with E-state index < -0.39 is 18.5 Å². The van der Waals surface area contributed by atoms with Crippen LogP contribution in [0.4, 0.5) is 4.79 Å². The van der Waals surface area contributed by atoms with E-state index in [1.807, 2.05) is 0 Å². The van der Waals surface area contributed by atoms with E-state index in [2.05, 4.69) is 4.74 Å². The molecule has 2 heterocycles. The van der Waals surface area contributed by atoms with Crippen LogP contribution < -0.4 is 0 Å². The Labute approximate surface area is 90.4 Å². The molecule has 7 nitrogen and oxygen atoms in total. The second-order valence-corrected chi connectivity index (χ2v) is 3.39. The van der Waals surface area contributed by atoms with Crippen LogP contribution in [0.5, 0.6) is 11.8 Å². The molecule has 1 aromatic rings. The van der Waals surface area contributed by atoms with Gasteiger partial charge in [0.1, 0.15) is 0 Å². The molecular weight excluding hydrogens is 218 g/mol. The number of hydrogen-bond donors (Lipinski definition) is 3. The number of nitrogens with zero attached hydrogens (tertiary/aromatic N) is 1. The lowest BCUT2D eigenvalue weighted by atomic mass is 10.2. The second kappa shape index (κ2) is 3.93. The van der Waals surface area contributed by atoms with Gasteiger partial charge in [-0.05, 0) is 0 Å². The Morgan fingerprint density at radius 2 is 2.06 bits per heavy atom. The minimum atomic E-state index is -1.41. The Morgan fingerprint density at radius 3 is 2.62 bits per heavy atom. The van der Waals surface area contributed by atoms with E-state index in [1.165, 1.54) is 12.1 Å². The van der Waals surface area contributed by atoms with E-state index in [-0.39, 0.29) is 11.8 Å². The van der Waals surface area contributed by atoms with Crippen molar-refractivity contribution in [2.75, 3.05) is 6.61 Å². The molecule has 1 saturated heterocycles. The quantitative estimate of drug-likeness (QED) is 0.651. The van der Waals surface area contributed by atoms with Gasteiger partial charge < -0.3 is 24.8 Å². The predicted octanol–water partition coefficient (Wildman–Crippen LogP) is 0.881. The van der Waals surface area contributed by atoms with Crippen molar-refractivity contribution >= 4 is 6.16 Å². The summed E-state index contributed by atoms with van der Waals surface area (Å²) in [5.74, 6) is -0.410. The third-order valence-corrected chi connectivity index (χ3v) is 2.39. The minimum absolute atomic E-state index is 0.205. The Hall–Kier alpha value is -1.89. The van der Waals surface area contributed by atoms with Crippen molar-refractivity contribution in [2.45, 2.75) is 18.8 Å². The molecule has 0 amide bonds. The molecule has 0 aliphatic carbocycles. The minimum Gasteiger partial charge on any atom is -0.494 e. The fourth-order valence-corrected chi connectivity index (χ4v) is 1.73. The third-order valence-electron chi connectivity index (χ3n) is 2.39.